The lowest BCUT2D eigenvalue weighted by molar-refractivity contribution is -0.117. The van der Waals surface area contributed by atoms with Gasteiger partial charge in [0.2, 0.25) is 5.91 Å². The Balaban J connectivity index is 2.20. The van der Waals surface area contributed by atoms with Gasteiger partial charge in [0, 0.05) is 24.8 Å². The number of nitrogens with zero attached hydrogens (tertiary/aromatic N) is 1. The van der Waals surface area contributed by atoms with E-state index in [0.29, 0.717) is 5.02 Å². The molecule has 1 aromatic rings. The summed E-state index contributed by atoms with van der Waals surface area (Å²) in [5.74, 6) is -0.00583. The summed E-state index contributed by atoms with van der Waals surface area (Å²) in [4.78, 5) is 14.2. The topological polar surface area (TPSA) is 44.4 Å². The molecule has 0 aromatic heterocycles. The molecular formula is C16H24ClN3O. The number of likely N-dealkylation sites (N-methyl/N-ethyl adjacent to an activating group) is 1. The van der Waals surface area contributed by atoms with E-state index < -0.39 is 0 Å². The van der Waals surface area contributed by atoms with Crippen LogP contribution in [0.2, 0.25) is 5.02 Å². The lowest BCUT2D eigenvalue weighted by Crippen LogP contribution is -2.27. The maximum atomic E-state index is 12.0. The van der Waals surface area contributed by atoms with Crippen LogP contribution in [0.3, 0.4) is 0 Å². The maximum absolute atomic E-state index is 12.0. The fourth-order valence-corrected chi connectivity index (χ4v) is 3.01. The lowest BCUT2D eigenvalue weighted by Gasteiger charge is -2.21. The number of amides is 1. The Hall–Kier alpha value is -1.26. The third-order valence-corrected chi connectivity index (χ3v) is 4.17. The zero-order valence-electron chi connectivity index (χ0n) is 13.0. The summed E-state index contributed by atoms with van der Waals surface area (Å²) in [6.45, 7) is 5.90. The van der Waals surface area contributed by atoms with Gasteiger partial charge in [-0.05, 0) is 25.1 Å². The highest BCUT2D eigenvalue weighted by Crippen LogP contribution is 2.38. The second-order valence-corrected chi connectivity index (χ2v) is 5.91. The van der Waals surface area contributed by atoms with Gasteiger partial charge >= 0.3 is 0 Å². The molecule has 0 fully saturated rings. The van der Waals surface area contributed by atoms with Crippen LogP contribution >= 0.6 is 11.6 Å². The van der Waals surface area contributed by atoms with Crippen molar-refractivity contribution < 1.29 is 4.79 Å². The van der Waals surface area contributed by atoms with Gasteiger partial charge in [0.25, 0.3) is 0 Å². The molecule has 2 N–H and O–H groups in total. The molecule has 0 aliphatic carbocycles. The summed E-state index contributed by atoms with van der Waals surface area (Å²) in [6, 6.07) is 3.61. The van der Waals surface area contributed by atoms with Crippen LogP contribution in [0.1, 0.15) is 44.7 Å². The third kappa shape index (κ3) is 3.50. The number of halogens is 1. The molecule has 4 nitrogen and oxygen atoms in total. The van der Waals surface area contributed by atoms with Crippen molar-refractivity contribution in [1.82, 2.24) is 5.32 Å². The Bertz CT molecular complexity index is 518. The minimum Gasteiger partial charge on any atom is -0.373 e. The highest BCUT2D eigenvalue weighted by molar-refractivity contribution is 6.33. The Labute approximate surface area is 131 Å². The zero-order valence-corrected chi connectivity index (χ0v) is 13.8. The van der Waals surface area contributed by atoms with Crippen LogP contribution in [0.15, 0.2) is 12.1 Å². The number of carbonyl (C=O) groups is 1. The Morgan fingerprint density at radius 2 is 2.10 bits per heavy atom. The number of nitrogens with one attached hydrogen (secondary N) is 2. The van der Waals surface area contributed by atoms with Crippen molar-refractivity contribution in [2.24, 2.45) is 0 Å². The van der Waals surface area contributed by atoms with E-state index in [9.17, 15) is 4.79 Å². The summed E-state index contributed by atoms with van der Waals surface area (Å²) in [5.41, 5.74) is 2.79. The van der Waals surface area contributed by atoms with Crippen LogP contribution < -0.4 is 15.5 Å². The molecule has 0 saturated heterocycles. The Morgan fingerprint density at radius 3 is 2.76 bits per heavy atom. The first kappa shape index (κ1) is 16.1. The summed E-state index contributed by atoms with van der Waals surface area (Å²) in [7, 11) is 2.04. The number of anilines is 2. The molecule has 116 valence electrons. The van der Waals surface area contributed by atoms with Crippen molar-refractivity contribution >= 4 is 28.9 Å². The van der Waals surface area contributed by atoms with Gasteiger partial charge in [0.15, 0.2) is 0 Å². The van der Waals surface area contributed by atoms with Crippen molar-refractivity contribution in [1.29, 1.82) is 0 Å². The van der Waals surface area contributed by atoms with E-state index in [2.05, 4.69) is 22.5 Å². The maximum Gasteiger partial charge on any atom is 0.246 e. The first-order valence-electron chi connectivity index (χ1n) is 7.67. The van der Waals surface area contributed by atoms with Gasteiger partial charge in [0.1, 0.15) is 6.04 Å². The molecule has 0 saturated carbocycles. The zero-order chi connectivity index (χ0) is 15.4. The predicted octanol–water partition coefficient (Wildman–Crippen LogP) is 3.57. The van der Waals surface area contributed by atoms with E-state index in [1.165, 1.54) is 12.8 Å². The standard InChI is InChI=1S/C16H24ClN3O/c1-4-6-7-8-20(3)14-10-13-11(9-12(14)17)15(18-5-2)16(21)19-13/h9-10,15,18H,4-8H2,1-3H3,(H,19,21). The van der Waals surface area contributed by atoms with Crippen molar-refractivity contribution in [2.45, 2.75) is 39.2 Å². The molecule has 1 atom stereocenters. The fourth-order valence-electron chi connectivity index (χ4n) is 2.69. The van der Waals surface area contributed by atoms with Crippen LogP contribution in [0, 0.1) is 0 Å². The van der Waals surface area contributed by atoms with E-state index in [1.54, 1.807) is 0 Å². The molecule has 1 aliphatic heterocycles. The quantitative estimate of drug-likeness (QED) is 0.757. The van der Waals surface area contributed by atoms with Gasteiger partial charge in [-0.3, -0.25) is 4.79 Å². The average molecular weight is 310 g/mol. The molecule has 1 aromatic carbocycles. The number of carbonyl (C=O) groups excluding carboxylic acids is 1. The van der Waals surface area contributed by atoms with Crippen LogP contribution in [-0.2, 0) is 4.79 Å². The van der Waals surface area contributed by atoms with Gasteiger partial charge < -0.3 is 15.5 Å². The Morgan fingerprint density at radius 1 is 1.33 bits per heavy atom. The monoisotopic (exact) mass is 309 g/mol. The summed E-state index contributed by atoms with van der Waals surface area (Å²) in [6.07, 6.45) is 3.56. The van der Waals surface area contributed by atoms with Crippen molar-refractivity contribution in [3.8, 4) is 0 Å². The largest absolute Gasteiger partial charge is 0.373 e. The van der Waals surface area contributed by atoms with E-state index in [-0.39, 0.29) is 11.9 Å². The van der Waals surface area contributed by atoms with Crippen LogP contribution in [-0.4, -0.2) is 26.0 Å². The first-order valence-corrected chi connectivity index (χ1v) is 8.05. The van der Waals surface area contributed by atoms with Gasteiger partial charge in [-0.2, -0.15) is 0 Å². The van der Waals surface area contributed by atoms with Gasteiger partial charge in [0.05, 0.1) is 10.7 Å². The second-order valence-electron chi connectivity index (χ2n) is 5.50. The molecule has 1 aliphatic rings. The molecule has 21 heavy (non-hydrogen) atoms. The van der Waals surface area contributed by atoms with Crippen LogP contribution in [0.4, 0.5) is 11.4 Å². The number of benzene rings is 1. The van der Waals surface area contributed by atoms with Crippen LogP contribution in [0.5, 0.6) is 0 Å². The predicted molar refractivity (Wildman–Crippen MR) is 89.3 cm³/mol. The smallest absolute Gasteiger partial charge is 0.246 e. The van der Waals surface area contributed by atoms with E-state index >= 15 is 0 Å². The molecule has 1 amide bonds. The van der Waals surface area contributed by atoms with Crippen molar-refractivity contribution in [3.05, 3.63) is 22.7 Å². The molecule has 0 radical (unpaired) electrons. The highest BCUT2D eigenvalue weighted by Gasteiger charge is 2.31. The van der Waals surface area contributed by atoms with E-state index in [1.807, 2.05) is 26.1 Å². The third-order valence-electron chi connectivity index (χ3n) is 3.87. The summed E-state index contributed by atoms with van der Waals surface area (Å²) < 4.78 is 0. The minimum absolute atomic E-state index is 0.00583. The summed E-state index contributed by atoms with van der Waals surface area (Å²) in [5, 5.41) is 6.82. The molecule has 0 bridgehead atoms. The average Bonchev–Trinajstić information content (AvgIpc) is 2.74. The van der Waals surface area contributed by atoms with Gasteiger partial charge in [-0.15, -0.1) is 0 Å². The van der Waals surface area contributed by atoms with E-state index in [4.69, 9.17) is 11.6 Å². The van der Waals surface area contributed by atoms with Gasteiger partial charge in [-0.25, -0.2) is 0 Å². The Kier molecular flexibility index (Phi) is 5.48. The SMILES string of the molecule is CCCCCN(C)c1cc2c(cc1Cl)C(NCC)C(=O)N2. The molecule has 1 unspecified atom stereocenters. The minimum atomic E-state index is -0.290. The molecule has 1 heterocycles. The lowest BCUT2D eigenvalue weighted by atomic mass is 10.1. The molecular weight excluding hydrogens is 286 g/mol. The van der Waals surface area contributed by atoms with Crippen molar-refractivity contribution in [2.75, 3.05) is 30.4 Å². The van der Waals surface area contributed by atoms with E-state index in [0.717, 1.165) is 36.4 Å². The first-order chi connectivity index (χ1) is 10.1. The van der Waals surface area contributed by atoms with Crippen LogP contribution in [0.25, 0.3) is 0 Å². The number of hydrogen-bond donors (Lipinski definition) is 2. The highest BCUT2D eigenvalue weighted by atomic mass is 35.5. The number of rotatable bonds is 7. The fraction of sp³-hybridized carbons (Fsp3) is 0.562. The number of unbranched alkanes of at least 4 members (excludes halogenated alkanes) is 2. The normalized spacial score (nSPS) is 16.8. The number of hydrogen-bond acceptors (Lipinski definition) is 3. The molecule has 5 heteroatoms. The summed E-state index contributed by atoms with van der Waals surface area (Å²) >= 11 is 6.42. The van der Waals surface area contributed by atoms with Crippen molar-refractivity contribution in [3.63, 3.8) is 0 Å². The number of fused-ring (bicyclic) bond motifs is 1. The van der Waals surface area contributed by atoms with Gasteiger partial charge in [-0.1, -0.05) is 38.3 Å². The second kappa shape index (κ2) is 7.14. The molecule has 0 spiro atoms. The molecule has 2 rings (SSSR count).